The molecule has 0 bridgehead atoms. The molecule has 0 radical (unpaired) electrons. The van der Waals surface area contributed by atoms with Crippen molar-refractivity contribution < 1.29 is 13.2 Å². The smallest absolute Gasteiger partial charge is 0.331 e. The van der Waals surface area contributed by atoms with Crippen molar-refractivity contribution in [2.45, 2.75) is 33.0 Å². The summed E-state index contributed by atoms with van der Waals surface area (Å²) >= 11 is 6.02. The Balaban J connectivity index is 2.21. The second-order valence-corrected chi connectivity index (χ2v) is 6.78. The van der Waals surface area contributed by atoms with E-state index in [4.69, 9.17) is 11.6 Å². The Morgan fingerprint density at radius 2 is 1.93 bits per heavy atom. The number of benzene rings is 1. The summed E-state index contributed by atoms with van der Waals surface area (Å²) < 4.78 is 41.5. The van der Waals surface area contributed by atoms with Crippen LogP contribution >= 0.6 is 11.6 Å². The zero-order valence-electron chi connectivity index (χ0n) is 15.3. The minimum atomic E-state index is -4.40. The number of hydrogen-bond donors (Lipinski definition) is 0. The number of halogens is 4. The van der Waals surface area contributed by atoms with Crippen LogP contribution in [0, 0.1) is 13.8 Å². The lowest BCUT2D eigenvalue weighted by molar-refractivity contribution is -0.138. The maximum Gasteiger partial charge on any atom is 0.416 e. The van der Waals surface area contributed by atoms with Crippen LogP contribution in [-0.2, 0) is 13.2 Å². The molecule has 4 nitrogen and oxygen atoms in total. The highest BCUT2D eigenvalue weighted by Crippen LogP contribution is 2.35. The molecule has 0 aliphatic carbocycles. The molecule has 1 atom stereocenters. The number of aromatic nitrogens is 3. The van der Waals surface area contributed by atoms with Gasteiger partial charge in [0.25, 0.3) is 0 Å². The molecule has 1 aromatic carbocycles. The first-order chi connectivity index (χ1) is 12.6. The van der Waals surface area contributed by atoms with E-state index in [0.29, 0.717) is 27.4 Å². The van der Waals surface area contributed by atoms with E-state index in [1.54, 1.807) is 25.3 Å². The largest absolute Gasteiger partial charge is 0.416 e. The van der Waals surface area contributed by atoms with Crippen LogP contribution in [0.5, 0.6) is 0 Å². The molecular weight excluding hydrogens is 377 g/mol. The predicted molar refractivity (Wildman–Crippen MR) is 98.4 cm³/mol. The lowest BCUT2D eigenvalue weighted by Crippen LogP contribution is -2.18. The van der Waals surface area contributed by atoms with Gasteiger partial charge in [-0.15, -0.1) is 0 Å². The third-order valence-corrected chi connectivity index (χ3v) is 4.86. The Morgan fingerprint density at radius 3 is 2.59 bits per heavy atom. The van der Waals surface area contributed by atoms with Gasteiger partial charge in [-0.3, -0.25) is 4.99 Å². The molecule has 2 aromatic heterocycles. The lowest BCUT2D eigenvalue weighted by atomic mass is 9.97. The maximum absolute atomic E-state index is 13.2. The average molecular weight is 395 g/mol. The van der Waals surface area contributed by atoms with Gasteiger partial charge in [-0.25, -0.2) is 9.97 Å². The van der Waals surface area contributed by atoms with Crippen LogP contribution < -0.4 is 5.49 Å². The van der Waals surface area contributed by atoms with E-state index in [-0.39, 0.29) is 5.56 Å². The minimum Gasteiger partial charge on any atom is -0.331 e. The second kappa shape index (κ2) is 6.96. The van der Waals surface area contributed by atoms with Crippen molar-refractivity contribution in [2.24, 2.45) is 12.0 Å². The van der Waals surface area contributed by atoms with Crippen molar-refractivity contribution in [3.63, 3.8) is 0 Å². The zero-order chi connectivity index (χ0) is 19.9. The zero-order valence-corrected chi connectivity index (χ0v) is 16.0. The number of aryl methyl sites for hydroxylation is 2. The molecule has 0 saturated carbocycles. The van der Waals surface area contributed by atoms with E-state index >= 15 is 0 Å². The van der Waals surface area contributed by atoms with E-state index in [1.165, 1.54) is 13.0 Å². The number of alkyl halides is 3. The first-order valence-electron chi connectivity index (χ1n) is 8.29. The van der Waals surface area contributed by atoms with Crippen LogP contribution in [-0.4, -0.2) is 14.5 Å². The quantitative estimate of drug-likeness (QED) is 0.579. The SMILES string of the molecule is Cc1c([C@@H](C)N=c2nc(C)n(C)c3cnc(Cl)cc23)cccc1C(F)(F)F. The molecule has 0 saturated heterocycles. The average Bonchev–Trinajstić information content (AvgIpc) is 2.58. The minimum absolute atomic E-state index is 0.170. The van der Waals surface area contributed by atoms with E-state index < -0.39 is 17.8 Å². The number of rotatable bonds is 2. The van der Waals surface area contributed by atoms with Crippen molar-refractivity contribution in [3.8, 4) is 0 Å². The van der Waals surface area contributed by atoms with E-state index in [0.717, 1.165) is 11.6 Å². The molecule has 0 unspecified atom stereocenters. The van der Waals surface area contributed by atoms with E-state index in [2.05, 4.69) is 15.0 Å². The standard InChI is InChI=1S/C19H18ClF3N4/c1-10-13(6-5-7-15(10)19(21,22)23)11(2)25-18-14-8-17(20)24-9-16(14)27(4)12(3)26-18/h5-9,11H,1-4H3/t11-/m1/s1. The summed E-state index contributed by atoms with van der Waals surface area (Å²) in [5.41, 5.74) is 1.24. The Labute approximate surface area is 159 Å². The fourth-order valence-corrected chi connectivity index (χ4v) is 3.25. The third kappa shape index (κ3) is 3.69. The summed E-state index contributed by atoms with van der Waals surface area (Å²) in [6.45, 7) is 5.04. The first kappa shape index (κ1) is 19.4. The van der Waals surface area contributed by atoms with Gasteiger partial charge in [-0.05, 0) is 44.0 Å². The van der Waals surface area contributed by atoms with Crippen molar-refractivity contribution in [2.75, 3.05) is 0 Å². The highest BCUT2D eigenvalue weighted by molar-refractivity contribution is 6.30. The molecule has 8 heteroatoms. The molecular formula is C19H18ClF3N4. The van der Waals surface area contributed by atoms with Crippen molar-refractivity contribution in [1.29, 1.82) is 0 Å². The Kier molecular flexibility index (Phi) is 4.99. The number of nitrogens with zero attached hydrogens (tertiary/aromatic N) is 4. The molecule has 3 aromatic rings. The van der Waals surface area contributed by atoms with Gasteiger partial charge in [0.05, 0.1) is 23.3 Å². The van der Waals surface area contributed by atoms with Crippen LogP contribution in [0.1, 0.15) is 35.5 Å². The first-order valence-corrected chi connectivity index (χ1v) is 8.67. The summed E-state index contributed by atoms with van der Waals surface area (Å²) in [5, 5.41) is 0.993. The van der Waals surface area contributed by atoms with Gasteiger partial charge >= 0.3 is 6.18 Å². The second-order valence-electron chi connectivity index (χ2n) is 6.39. The van der Waals surface area contributed by atoms with Gasteiger partial charge in [0.15, 0.2) is 5.49 Å². The van der Waals surface area contributed by atoms with Crippen molar-refractivity contribution >= 4 is 22.5 Å². The third-order valence-electron chi connectivity index (χ3n) is 4.65. The monoisotopic (exact) mass is 394 g/mol. The molecule has 27 heavy (non-hydrogen) atoms. The summed E-state index contributed by atoms with van der Waals surface area (Å²) in [4.78, 5) is 13.2. The fraction of sp³-hybridized carbons (Fsp3) is 0.316. The predicted octanol–water partition coefficient (Wildman–Crippen LogP) is 4.92. The molecule has 0 aliphatic rings. The van der Waals surface area contributed by atoms with Gasteiger partial charge in [-0.1, -0.05) is 23.7 Å². The van der Waals surface area contributed by atoms with Crippen LogP contribution in [0.3, 0.4) is 0 Å². The molecule has 0 aliphatic heterocycles. The Hall–Kier alpha value is -2.41. The van der Waals surface area contributed by atoms with Crippen LogP contribution in [0.15, 0.2) is 35.5 Å². The van der Waals surface area contributed by atoms with Gasteiger partial charge < -0.3 is 4.57 Å². The molecule has 0 amide bonds. The Bertz CT molecular complexity index is 1090. The number of hydrogen-bond acceptors (Lipinski definition) is 3. The van der Waals surface area contributed by atoms with Crippen LogP contribution in [0.25, 0.3) is 10.9 Å². The summed E-state index contributed by atoms with van der Waals surface area (Å²) in [6.07, 6.45) is -2.77. The summed E-state index contributed by atoms with van der Waals surface area (Å²) in [5.74, 6) is 0.707. The topological polar surface area (TPSA) is 43.1 Å². The van der Waals surface area contributed by atoms with Crippen molar-refractivity contribution in [3.05, 3.63) is 63.6 Å². The van der Waals surface area contributed by atoms with E-state index in [9.17, 15) is 13.2 Å². The molecule has 0 N–H and O–H groups in total. The molecule has 3 rings (SSSR count). The van der Waals surface area contributed by atoms with Gasteiger partial charge in [0, 0.05) is 12.4 Å². The molecule has 142 valence electrons. The normalized spacial score (nSPS) is 14.0. The van der Waals surface area contributed by atoms with Gasteiger partial charge in [0.2, 0.25) is 0 Å². The summed E-state index contributed by atoms with van der Waals surface area (Å²) in [6, 6.07) is 5.29. The molecule has 0 fully saturated rings. The molecule has 0 spiro atoms. The lowest BCUT2D eigenvalue weighted by Gasteiger charge is -2.16. The summed E-state index contributed by atoms with van der Waals surface area (Å²) in [7, 11) is 1.85. The molecule has 2 heterocycles. The number of fused-ring (bicyclic) bond motifs is 1. The highest BCUT2D eigenvalue weighted by atomic mass is 35.5. The highest BCUT2D eigenvalue weighted by Gasteiger charge is 2.33. The van der Waals surface area contributed by atoms with Crippen molar-refractivity contribution in [1.82, 2.24) is 14.5 Å². The van der Waals surface area contributed by atoms with Gasteiger partial charge in [0.1, 0.15) is 11.0 Å². The number of pyridine rings is 1. The van der Waals surface area contributed by atoms with Gasteiger partial charge in [-0.2, -0.15) is 13.2 Å². The van der Waals surface area contributed by atoms with E-state index in [1.807, 2.05) is 18.5 Å². The van der Waals surface area contributed by atoms with Crippen LogP contribution in [0.2, 0.25) is 5.15 Å². The fourth-order valence-electron chi connectivity index (χ4n) is 3.10. The Morgan fingerprint density at radius 1 is 1.22 bits per heavy atom. The maximum atomic E-state index is 13.2. The van der Waals surface area contributed by atoms with Crippen LogP contribution in [0.4, 0.5) is 13.2 Å².